The minimum Gasteiger partial charge on any atom is -0.481 e. The molecule has 0 fully saturated rings. The van der Waals surface area contributed by atoms with E-state index in [1.807, 2.05) is 14.1 Å². The molecule has 0 amide bonds. The maximum absolute atomic E-state index is 9.94. The Labute approximate surface area is 107 Å². The van der Waals surface area contributed by atoms with Gasteiger partial charge in [0.25, 0.3) is 0 Å². The number of nitrogens with zero attached hydrogens (tertiary/aromatic N) is 1. The molecule has 0 aromatic heterocycles. The van der Waals surface area contributed by atoms with Crippen molar-refractivity contribution in [2.75, 3.05) is 40.3 Å². The van der Waals surface area contributed by atoms with Gasteiger partial charge in [0.15, 0.2) is 0 Å². The Kier molecular flexibility index (Phi) is 14.8. The average Bonchev–Trinajstić information content (AvgIpc) is 2.26. The van der Waals surface area contributed by atoms with Gasteiger partial charge in [0.1, 0.15) is 0 Å². The van der Waals surface area contributed by atoms with Crippen LogP contribution in [0.25, 0.3) is 0 Å². The molecule has 4 N–H and O–H groups in total. The first kappa shape index (κ1) is 19.2. The summed E-state index contributed by atoms with van der Waals surface area (Å²) in [5.74, 6) is -1.76. The van der Waals surface area contributed by atoms with Crippen LogP contribution in [-0.2, 0) is 9.59 Å². The molecule has 108 valence electrons. The molecule has 0 aliphatic heterocycles. The van der Waals surface area contributed by atoms with Crippen LogP contribution in [0.2, 0.25) is 0 Å². The van der Waals surface area contributed by atoms with Crippen molar-refractivity contribution in [2.45, 2.75) is 19.3 Å². The maximum atomic E-state index is 9.94. The first-order valence-corrected chi connectivity index (χ1v) is 5.80. The molecule has 0 bridgehead atoms. The molecule has 0 radical (unpaired) electrons. The minimum atomic E-state index is -0.882. The van der Waals surface area contributed by atoms with E-state index >= 15 is 0 Å². The number of aliphatic hydroxyl groups excluding tert-OH is 1. The molecule has 18 heavy (non-hydrogen) atoms. The molecular weight excluding hydrogens is 240 g/mol. The molecule has 0 unspecified atom stereocenters. The maximum Gasteiger partial charge on any atom is 0.304 e. The third kappa shape index (κ3) is 24.2. The lowest BCUT2D eigenvalue weighted by Gasteiger charge is -2.05. The highest BCUT2D eigenvalue weighted by Crippen LogP contribution is 1.78. The molecular formula is C11H24N2O5. The van der Waals surface area contributed by atoms with Gasteiger partial charge >= 0.3 is 11.9 Å². The van der Waals surface area contributed by atoms with E-state index in [2.05, 4.69) is 10.2 Å². The van der Waals surface area contributed by atoms with E-state index in [1.54, 1.807) is 0 Å². The monoisotopic (exact) mass is 264 g/mol. The van der Waals surface area contributed by atoms with Crippen molar-refractivity contribution >= 4 is 11.9 Å². The molecule has 0 atom stereocenters. The van der Waals surface area contributed by atoms with Crippen LogP contribution >= 0.6 is 0 Å². The quantitative estimate of drug-likeness (QED) is 0.414. The van der Waals surface area contributed by atoms with Gasteiger partial charge in [-0.2, -0.15) is 0 Å². The van der Waals surface area contributed by atoms with Crippen molar-refractivity contribution in [1.29, 1.82) is 0 Å². The van der Waals surface area contributed by atoms with Crippen molar-refractivity contribution in [3.05, 3.63) is 0 Å². The fraction of sp³-hybridized carbons (Fsp3) is 0.818. The van der Waals surface area contributed by atoms with Crippen molar-refractivity contribution in [3.63, 3.8) is 0 Å². The third-order valence-corrected chi connectivity index (χ3v) is 1.79. The van der Waals surface area contributed by atoms with Gasteiger partial charge in [0.2, 0.25) is 0 Å². The molecule has 7 nitrogen and oxygen atoms in total. The SMILES string of the molecule is CN(C)CCCO.O=C(O)CCNCCC(=O)O. The van der Waals surface area contributed by atoms with E-state index < -0.39 is 11.9 Å². The van der Waals surface area contributed by atoms with Crippen LogP contribution in [0.4, 0.5) is 0 Å². The zero-order valence-corrected chi connectivity index (χ0v) is 11.1. The van der Waals surface area contributed by atoms with Crippen LogP contribution < -0.4 is 5.32 Å². The number of hydrogen-bond acceptors (Lipinski definition) is 5. The van der Waals surface area contributed by atoms with E-state index in [0.717, 1.165) is 13.0 Å². The molecule has 0 saturated carbocycles. The second-order valence-corrected chi connectivity index (χ2v) is 3.92. The van der Waals surface area contributed by atoms with Gasteiger partial charge < -0.3 is 25.5 Å². The molecule has 0 aromatic rings. The van der Waals surface area contributed by atoms with Crippen LogP contribution in [0.1, 0.15) is 19.3 Å². The lowest BCUT2D eigenvalue weighted by molar-refractivity contribution is -0.137. The number of carbonyl (C=O) groups is 2. The molecule has 0 aliphatic carbocycles. The summed E-state index contributed by atoms with van der Waals surface area (Å²) in [6, 6.07) is 0. The number of aliphatic carboxylic acids is 2. The number of nitrogens with one attached hydrogen (secondary N) is 1. The van der Waals surface area contributed by atoms with E-state index in [4.69, 9.17) is 15.3 Å². The number of aliphatic hydroxyl groups is 1. The van der Waals surface area contributed by atoms with Crippen LogP contribution in [0, 0.1) is 0 Å². The highest BCUT2D eigenvalue weighted by atomic mass is 16.4. The molecule has 0 aromatic carbocycles. The smallest absolute Gasteiger partial charge is 0.304 e. The van der Waals surface area contributed by atoms with E-state index in [-0.39, 0.29) is 12.8 Å². The minimum absolute atomic E-state index is 0.0274. The summed E-state index contributed by atoms with van der Waals surface area (Å²) in [4.78, 5) is 21.9. The summed E-state index contributed by atoms with van der Waals surface area (Å²) in [6.45, 7) is 1.93. The Morgan fingerprint density at radius 2 is 1.50 bits per heavy atom. The lowest BCUT2D eigenvalue weighted by atomic mass is 10.4. The van der Waals surface area contributed by atoms with Gasteiger partial charge in [-0.25, -0.2) is 0 Å². The molecule has 0 aliphatic rings. The second kappa shape index (κ2) is 13.9. The zero-order chi connectivity index (χ0) is 14.4. The van der Waals surface area contributed by atoms with Crippen molar-refractivity contribution in [1.82, 2.24) is 10.2 Å². The van der Waals surface area contributed by atoms with Gasteiger partial charge in [0, 0.05) is 19.7 Å². The third-order valence-electron chi connectivity index (χ3n) is 1.79. The van der Waals surface area contributed by atoms with Crippen molar-refractivity contribution in [3.8, 4) is 0 Å². The molecule has 0 saturated heterocycles. The first-order valence-electron chi connectivity index (χ1n) is 5.80. The predicted octanol–water partition coefficient (Wildman–Crippen LogP) is -0.544. The number of rotatable bonds is 9. The van der Waals surface area contributed by atoms with Gasteiger partial charge in [0.05, 0.1) is 12.8 Å². The topological polar surface area (TPSA) is 110 Å². The Balaban J connectivity index is 0. The highest BCUT2D eigenvalue weighted by Gasteiger charge is 1.97. The highest BCUT2D eigenvalue weighted by molar-refractivity contribution is 5.67. The standard InChI is InChI=1S/C6H11NO4.C5H13NO/c8-5(9)1-3-7-4-2-6(10)11;1-6(2)4-3-5-7/h7H,1-4H2,(H,8,9)(H,10,11);7H,3-5H2,1-2H3. The molecule has 0 rings (SSSR count). The van der Waals surface area contributed by atoms with E-state index in [1.165, 1.54) is 0 Å². The number of hydrogen-bond donors (Lipinski definition) is 4. The normalized spacial score (nSPS) is 9.78. The second-order valence-electron chi connectivity index (χ2n) is 3.92. The summed E-state index contributed by atoms with van der Waals surface area (Å²) in [5, 5.41) is 27.3. The summed E-state index contributed by atoms with van der Waals surface area (Å²) < 4.78 is 0. The largest absolute Gasteiger partial charge is 0.481 e. The summed E-state index contributed by atoms with van der Waals surface area (Å²) in [6.07, 6.45) is 0.937. The van der Waals surface area contributed by atoms with Crippen molar-refractivity contribution < 1.29 is 24.9 Å². The van der Waals surface area contributed by atoms with Gasteiger partial charge in [-0.1, -0.05) is 0 Å². The van der Waals surface area contributed by atoms with Crippen LogP contribution in [0.5, 0.6) is 0 Å². The lowest BCUT2D eigenvalue weighted by Crippen LogP contribution is -2.21. The first-order chi connectivity index (χ1) is 8.40. The Hall–Kier alpha value is -1.18. The molecule has 0 heterocycles. The fourth-order valence-corrected chi connectivity index (χ4v) is 0.903. The Bertz CT molecular complexity index is 205. The summed E-state index contributed by atoms with van der Waals surface area (Å²) in [7, 11) is 3.99. The average molecular weight is 264 g/mol. The van der Waals surface area contributed by atoms with Gasteiger partial charge in [-0.15, -0.1) is 0 Å². The summed E-state index contributed by atoms with van der Waals surface area (Å²) >= 11 is 0. The van der Waals surface area contributed by atoms with E-state index in [9.17, 15) is 9.59 Å². The fourth-order valence-electron chi connectivity index (χ4n) is 0.903. The molecule has 0 spiro atoms. The zero-order valence-electron chi connectivity index (χ0n) is 11.1. The van der Waals surface area contributed by atoms with Crippen LogP contribution in [0.3, 0.4) is 0 Å². The number of carboxylic acids is 2. The number of carboxylic acid groups (broad SMARTS) is 2. The van der Waals surface area contributed by atoms with Crippen molar-refractivity contribution in [2.24, 2.45) is 0 Å². The van der Waals surface area contributed by atoms with Crippen LogP contribution in [0.15, 0.2) is 0 Å². The Morgan fingerprint density at radius 3 is 1.72 bits per heavy atom. The molecule has 7 heteroatoms. The Morgan fingerprint density at radius 1 is 1.06 bits per heavy atom. The van der Waals surface area contributed by atoms with E-state index in [0.29, 0.717) is 19.7 Å². The van der Waals surface area contributed by atoms with Crippen LogP contribution in [-0.4, -0.2) is 72.5 Å². The summed E-state index contributed by atoms with van der Waals surface area (Å²) in [5.41, 5.74) is 0. The van der Waals surface area contributed by atoms with Gasteiger partial charge in [-0.3, -0.25) is 9.59 Å². The van der Waals surface area contributed by atoms with Gasteiger partial charge in [-0.05, 0) is 27.1 Å². The predicted molar refractivity (Wildman–Crippen MR) is 67.6 cm³/mol.